The number of thioether (sulfide) groups is 1. The van der Waals surface area contributed by atoms with E-state index < -0.39 is 11.2 Å². The van der Waals surface area contributed by atoms with E-state index in [1.165, 1.54) is 5.56 Å². The van der Waals surface area contributed by atoms with Gasteiger partial charge in [0.2, 0.25) is 5.91 Å². The van der Waals surface area contributed by atoms with Crippen LogP contribution < -0.4 is 5.11 Å². The predicted molar refractivity (Wildman–Crippen MR) is 98.9 cm³/mol. The SMILES string of the molecule is C[C@H](SCC(=O)N(CCc1ccccc1)Cc1ccccc1)C(=O)[O-]. The number of amides is 1. The molecule has 0 N–H and O–H groups in total. The van der Waals surface area contributed by atoms with Crippen LogP contribution in [0.4, 0.5) is 0 Å². The number of rotatable bonds is 9. The summed E-state index contributed by atoms with van der Waals surface area (Å²) in [5.74, 6) is -1.06. The zero-order valence-corrected chi connectivity index (χ0v) is 15.1. The third kappa shape index (κ3) is 6.63. The van der Waals surface area contributed by atoms with Gasteiger partial charge in [0.05, 0.1) is 11.7 Å². The van der Waals surface area contributed by atoms with Crippen LogP contribution in [0.15, 0.2) is 60.7 Å². The molecule has 2 aromatic carbocycles. The average Bonchev–Trinajstić information content (AvgIpc) is 2.64. The molecule has 0 spiro atoms. The molecule has 4 nitrogen and oxygen atoms in total. The number of nitrogens with zero attached hydrogens (tertiary/aromatic N) is 1. The van der Waals surface area contributed by atoms with Crippen LogP contribution >= 0.6 is 11.8 Å². The molecule has 0 radical (unpaired) electrons. The molecular weight excluding hydrogens is 334 g/mol. The van der Waals surface area contributed by atoms with E-state index in [0.717, 1.165) is 23.7 Å². The van der Waals surface area contributed by atoms with Crippen molar-refractivity contribution in [2.45, 2.75) is 25.1 Å². The second-order valence-corrected chi connectivity index (χ2v) is 7.14. The minimum atomic E-state index is -1.14. The van der Waals surface area contributed by atoms with Crippen molar-refractivity contribution < 1.29 is 14.7 Å². The lowest BCUT2D eigenvalue weighted by Crippen LogP contribution is -2.36. The van der Waals surface area contributed by atoms with Crippen LogP contribution in [0.25, 0.3) is 0 Å². The zero-order chi connectivity index (χ0) is 18.1. The fraction of sp³-hybridized carbons (Fsp3) is 0.300. The minimum Gasteiger partial charge on any atom is -0.549 e. The first kappa shape index (κ1) is 19.1. The summed E-state index contributed by atoms with van der Waals surface area (Å²) in [5.41, 5.74) is 2.23. The van der Waals surface area contributed by atoms with Crippen molar-refractivity contribution in [3.63, 3.8) is 0 Å². The molecule has 0 aliphatic carbocycles. The molecule has 0 bridgehead atoms. The lowest BCUT2D eigenvalue weighted by molar-refractivity contribution is -0.304. The van der Waals surface area contributed by atoms with Crippen LogP contribution in [0.5, 0.6) is 0 Å². The van der Waals surface area contributed by atoms with E-state index in [-0.39, 0.29) is 11.7 Å². The molecule has 0 fully saturated rings. The van der Waals surface area contributed by atoms with Gasteiger partial charge in [-0.15, -0.1) is 11.8 Å². The van der Waals surface area contributed by atoms with Gasteiger partial charge in [-0.1, -0.05) is 60.7 Å². The van der Waals surface area contributed by atoms with Crippen molar-refractivity contribution in [1.82, 2.24) is 4.90 Å². The Morgan fingerprint density at radius 3 is 2.12 bits per heavy atom. The molecule has 0 aliphatic heterocycles. The molecule has 0 heterocycles. The van der Waals surface area contributed by atoms with Crippen LogP contribution in [-0.4, -0.2) is 34.3 Å². The van der Waals surface area contributed by atoms with Crippen LogP contribution in [0.2, 0.25) is 0 Å². The Hall–Kier alpha value is -2.27. The fourth-order valence-electron chi connectivity index (χ4n) is 2.36. The van der Waals surface area contributed by atoms with Gasteiger partial charge in [-0.05, 0) is 24.5 Å². The summed E-state index contributed by atoms with van der Waals surface area (Å²) in [4.78, 5) is 25.2. The highest BCUT2D eigenvalue weighted by atomic mass is 32.2. The van der Waals surface area contributed by atoms with Gasteiger partial charge in [-0.25, -0.2) is 0 Å². The van der Waals surface area contributed by atoms with Crippen molar-refractivity contribution >= 4 is 23.6 Å². The van der Waals surface area contributed by atoms with Crippen LogP contribution in [-0.2, 0) is 22.6 Å². The smallest absolute Gasteiger partial charge is 0.232 e. The van der Waals surface area contributed by atoms with Crippen molar-refractivity contribution in [1.29, 1.82) is 0 Å². The lowest BCUT2D eigenvalue weighted by Gasteiger charge is -2.24. The van der Waals surface area contributed by atoms with Gasteiger partial charge in [-0.3, -0.25) is 4.79 Å². The molecule has 132 valence electrons. The second-order valence-electron chi connectivity index (χ2n) is 5.81. The van der Waals surface area contributed by atoms with E-state index in [1.54, 1.807) is 11.8 Å². The number of benzene rings is 2. The van der Waals surface area contributed by atoms with Crippen molar-refractivity contribution in [2.75, 3.05) is 12.3 Å². The zero-order valence-electron chi connectivity index (χ0n) is 14.3. The number of aliphatic carboxylic acids is 1. The second kappa shape index (κ2) is 9.89. The van der Waals surface area contributed by atoms with E-state index in [4.69, 9.17) is 0 Å². The molecule has 0 aromatic heterocycles. The molecule has 0 saturated heterocycles. The summed E-state index contributed by atoms with van der Waals surface area (Å²) >= 11 is 1.10. The van der Waals surface area contributed by atoms with Gasteiger partial charge in [-0.2, -0.15) is 0 Å². The Balaban J connectivity index is 2.00. The summed E-state index contributed by atoms with van der Waals surface area (Å²) in [7, 11) is 0. The number of carbonyl (C=O) groups excluding carboxylic acids is 2. The topological polar surface area (TPSA) is 60.4 Å². The van der Waals surface area contributed by atoms with Crippen LogP contribution in [0.1, 0.15) is 18.1 Å². The summed E-state index contributed by atoms with van der Waals surface area (Å²) in [5, 5.41) is 10.1. The average molecular weight is 356 g/mol. The van der Waals surface area contributed by atoms with E-state index in [1.807, 2.05) is 60.7 Å². The van der Waals surface area contributed by atoms with Gasteiger partial charge in [0, 0.05) is 18.3 Å². The van der Waals surface area contributed by atoms with Crippen molar-refractivity contribution in [3.8, 4) is 0 Å². The maximum Gasteiger partial charge on any atom is 0.232 e. The molecule has 1 atom stereocenters. The standard InChI is InChI=1S/C20H23NO3S/c1-16(20(23)24)25-15-19(22)21(14-18-10-6-3-7-11-18)13-12-17-8-4-2-5-9-17/h2-11,16H,12-15H2,1H3,(H,23,24)/p-1/t16-/m0/s1. The molecule has 2 aromatic rings. The third-order valence-corrected chi connectivity index (χ3v) is 4.98. The first-order valence-corrected chi connectivity index (χ1v) is 9.29. The van der Waals surface area contributed by atoms with Gasteiger partial charge in [0.1, 0.15) is 0 Å². The predicted octanol–water partition coefficient (Wildman–Crippen LogP) is 2.13. The van der Waals surface area contributed by atoms with Gasteiger partial charge < -0.3 is 14.8 Å². The monoisotopic (exact) mass is 356 g/mol. The summed E-state index contributed by atoms with van der Waals surface area (Å²) in [6, 6.07) is 19.8. The van der Waals surface area contributed by atoms with E-state index >= 15 is 0 Å². The Morgan fingerprint density at radius 1 is 1.00 bits per heavy atom. The lowest BCUT2D eigenvalue weighted by atomic mass is 10.1. The van der Waals surface area contributed by atoms with Crippen LogP contribution in [0, 0.1) is 0 Å². The highest BCUT2D eigenvalue weighted by Gasteiger charge is 2.16. The number of hydrogen-bond acceptors (Lipinski definition) is 4. The van der Waals surface area contributed by atoms with E-state index in [9.17, 15) is 14.7 Å². The molecule has 2 rings (SSSR count). The van der Waals surface area contributed by atoms with Gasteiger partial charge in [0.15, 0.2) is 0 Å². The summed E-state index contributed by atoms with van der Waals surface area (Å²) in [6.45, 7) is 2.66. The van der Waals surface area contributed by atoms with E-state index in [2.05, 4.69) is 0 Å². The number of hydrogen-bond donors (Lipinski definition) is 0. The molecule has 1 amide bonds. The van der Waals surface area contributed by atoms with Gasteiger partial charge >= 0.3 is 0 Å². The Kier molecular flexibility index (Phi) is 7.54. The number of carboxylic acid groups (broad SMARTS) is 1. The van der Waals surface area contributed by atoms with E-state index in [0.29, 0.717) is 13.1 Å². The molecule has 5 heteroatoms. The van der Waals surface area contributed by atoms with Crippen LogP contribution in [0.3, 0.4) is 0 Å². The van der Waals surface area contributed by atoms with Crippen molar-refractivity contribution in [2.24, 2.45) is 0 Å². The quantitative estimate of drug-likeness (QED) is 0.691. The summed E-state index contributed by atoms with van der Waals surface area (Å²) in [6.07, 6.45) is 0.764. The van der Waals surface area contributed by atoms with Crippen molar-refractivity contribution in [3.05, 3.63) is 71.8 Å². The fourth-order valence-corrected chi connectivity index (χ4v) is 3.07. The number of carbonyl (C=O) groups is 2. The molecule has 25 heavy (non-hydrogen) atoms. The maximum atomic E-state index is 12.6. The van der Waals surface area contributed by atoms with Gasteiger partial charge in [0.25, 0.3) is 0 Å². The largest absolute Gasteiger partial charge is 0.549 e. The summed E-state index contributed by atoms with van der Waals surface area (Å²) < 4.78 is 0. The minimum absolute atomic E-state index is 0.0575. The molecule has 0 unspecified atom stereocenters. The number of carboxylic acids is 1. The Labute approximate surface area is 152 Å². The maximum absolute atomic E-state index is 12.6. The third-order valence-electron chi connectivity index (χ3n) is 3.87. The highest BCUT2D eigenvalue weighted by Crippen LogP contribution is 2.13. The highest BCUT2D eigenvalue weighted by molar-refractivity contribution is 8.01. The Bertz CT molecular complexity index is 676. The molecule has 0 saturated carbocycles. The molecule has 0 aliphatic rings. The molecular formula is C20H22NO3S-. The first-order valence-electron chi connectivity index (χ1n) is 8.24. The Morgan fingerprint density at radius 2 is 1.56 bits per heavy atom. The first-order chi connectivity index (χ1) is 12.1. The normalized spacial score (nSPS) is 11.7.